The number of nitrogens with zero attached hydrogens (tertiary/aromatic N) is 1. The average Bonchev–Trinajstić information content (AvgIpc) is 2.80. The van der Waals surface area contributed by atoms with Gasteiger partial charge in [0.1, 0.15) is 11.9 Å². The molecule has 0 aliphatic heterocycles. The lowest BCUT2D eigenvalue weighted by Gasteiger charge is -2.24. The van der Waals surface area contributed by atoms with Gasteiger partial charge in [0, 0.05) is 0 Å². The van der Waals surface area contributed by atoms with Gasteiger partial charge in [0.15, 0.2) is 0 Å². The van der Waals surface area contributed by atoms with E-state index < -0.39 is 17.9 Å². The van der Waals surface area contributed by atoms with E-state index in [4.69, 9.17) is 0 Å². The van der Waals surface area contributed by atoms with E-state index in [1.807, 2.05) is 74.5 Å². The van der Waals surface area contributed by atoms with Crippen molar-refractivity contribution in [2.24, 2.45) is 11.0 Å². The van der Waals surface area contributed by atoms with Crippen LogP contribution in [0.1, 0.15) is 36.5 Å². The zero-order chi connectivity index (χ0) is 22.9. The Morgan fingerprint density at radius 3 is 1.84 bits per heavy atom. The van der Waals surface area contributed by atoms with Gasteiger partial charge in [-0.3, -0.25) is 9.59 Å². The molecular formula is C26H26FN3O2. The third kappa shape index (κ3) is 6.11. The molecule has 0 saturated carbocycles. The van der Waals surface area contributed by atoms with Gasteiger partial charge in [0.2, 0.25) is 5.91 Å². The predicted octanol–water partition coefficient (Wildman–Crippen LogP) is 4.25. The molecule has 0 aromatic heterocycles. The van der Waals surface area contributed by atoms with E-state index in [-0.39, 0.29) is 17.6 Å². The topological polar surface area (TPSA) is 70.6 Å². The molecule has 164 valence electrons. The Morgan fingerprint density at radius 1 is 0.812 bits per heavy atom. The summed E-state index contributed by atoms with van der Waals surface area (Å²) in [4.78, 5) is 26.1. The zero-order valence-electron chi connectivity index (χ0n) is 18.0. The van der Waals surface area contributed by atoms with Gasteiger partial charge >= 0.3 is 0 Å². The van der Waals surface area contributed by atoms with Gasteiger partial charge in [0.25, 0.3) is 5.91 Å². The van der Waals surface area contributed by atoms with Gasteiger partial charge < -0.3 is 5.32 Å². The molecule has 0 heterocycles. The molecule has 5 nitrogen and oxygen atoms in total. The Labute approximate surface area is 187 Å². The summed E-state index contributed by atoms with van der Waals surface area (Å²) >= 11 is 0. The quantitative estimate of drug-likeness (QED) is 0.414. The number of benzene rings is 3. The number of hydrogen-bond donors (Lipinski definition) is 2. The van der Waals surface area contributed by atoms with Crippen LogP contribution >= 0.6 is 0 Å². The molecule has 2 amide bonds. The summed E-state index contributed by atoms with van der Waals surface area (Å²) < 4.78 is 13.0. The molecule has 2 N–H and O–H groups in total. The highest BCUT2D eigenvalue weighted by Gasteiger charge is 2.29. The van der Waals surface area contributed by atoms with Crippen molar-refractivity contribution in [1.82, 2.24) is 10.7 Å². The van der Waals surface area contributed by atoms with Crippen LogP contribution in [0.3, 0.4) is 0 Å². The van der Waals surface area contributed by atoms with Crippen LogP contribution in [-0.4, -0.2) is 24.1 Å². The number of carbonyl (C=O) groups is 2. The number of hydrogen-bond acceptors (Lipinski definition) is 3. The minimum atomic E-state index is -0.775. The van der Waals surface area contributed by atoms with Crippen molar-refractivity contribution >= 4 is 18.0 Å². The van der Waals surface area contributed by atoms with Crippen LogP contribution < -0.4 is 10.7 Å². The molecule has 0 aliphatic rings. The van der Waals surface area contributed by atoms with E-state index in [0.29, 0.717) is 5.56 Å². The molecule has 32 heavy (non-hydrogen) atoms. The standard InChI is InChI=1S/C26H26FN3O2/c1-18(2)24(26(32)30-28-17-19-13-15-22(27)16-14-19)29-25(31)23(20-9-5-3-6-10-20)21-11-7-4-8-12-21/h3-18,23-24H,1-2H3,(H,29,31)(H,30,32)/b28-17-/t24-/m0/s1. The number of carbonyl (C=O) groups excluding carboxylic acids is 2. The second-order valence-electron chi connectivity index (χ2n) is 7.77. The fraction of sp³-hybridized carbons (Fsp3) is 0.192. The van der Waals surface area contributed by atoms with Crippen molar-refractivity contribution in [2.75, 3.05) is 0 Å². The van der Waals surface area contributed by atoms with Crippen LogP contribution in [0.5, 0.6) is 0 Å². The first kappa shape index (κ1) is 22.9. The van der Waals surface area contributed by atoms with Crippen molar-refractivity contribution < 1.29 is 14.0 Å². The highest BCUT2D eigenvalue weighted by atomic mass is 19.1. The number of halogens is 1. The van der Waals surface area contributed by atoms with Crippen molar-refractivity contribution in [3.8, 4) is 0 Å². The average molecular weight is 432 g/mol. The van der Waals surface area contributed by atoms with E-state index in [1.165, 1.54) is 18.3 Å². The Balaban J connectivity index is 1.75. The third-order valence-electron chi connectivity index (χ3n) is 5.03. The van der Waals surface area contributed by atoms with E-state index in [9.17, 15) is 14.0 Å². The summed E-state index contributed by atoms with van der Waals surface area (Å²) in [5.74, 6) is -1.74. The summed E-state index contributed by atoms with van der Waals surface area (Å²) in [7, 11) is 0. The highest BCUT2D eigenvalue weighted by molar-refractivity contribution is 5.93. The molecule has 0 aliphatic carbocycles. The number of hydrazone groups is 1. The second-order valence-corrected chi connectivity index (χ2v) is 7.77. The lowest BCUT2D eigenvalue weighted by molar-refractivity contribution is -0.130. The number of amides is 2. The Morgan fingerprint density at radius 2 is 1.34 bits per heavy atom. The molecule has 0 fully saturated rings. The first-order valence-corrected chi connectivity index (χ1v) is 10.4. The zero-order valence-corrected chi connectivity index (χ0v) is 18.0. The highest BCUT2D eigenvalue weighted by Crippen LogP contribution is 2.25. The van der Waals surface area contributed by atoms with Crippen molar-refractivity contribution in [2.45, 2.75) is 25.8 Å². The minimum Gasteiger partial charge on any atom is -0.343 e. The molecule has 0 unspecified atom stereocenters. The number of nitrogens with one attached hydrogen (secondary N) is 2. The first-order valence-electron chi connectivity index (χ1n) is 10.4. The maximum Gasteiger partial charge on any atom is 0.262 e. The molecule has 0 radical (unpaired) electrons. The van der Waals surface area contributed by atoms with E-state index >= 15 is 0 Å². The molecule has 0 bridgehead atoms. The third-order valence-corrected chi connectivity index (χ3v) is 5.03. The van der Waals surface area contributed by atoms with Gasteiger partial charge in [-0.15, -0.1) is 0 Å². The maximum absolute atomic E-state index is 13.3. The summed E-state index contributed by atoms with van der Waals surface area (Å²) in [5, 5.41) is 6.84. The minimum absolute atomic E-state index is 0.160. The molecule has 6 heteroatoms. The van der Waals surface area contributed by atoms with Gasteiger partial charge in [-0.25, -0.2) is 9.82 Å². The summed E-state index contributed by atoms with van der Waals surface area (Å²) in [6.45, 7) is 3.71. The van der Waals surface area contributed by atoms with E-state index in [0.717, 1.165) is 11.1 Å². The van der Waals surface area contributed by atoms with Gasteiger partial charge in [-0.2, -0.15) is 5.10 Å². The lowest BCUT2D eigenvalue weighted by Crippen LogP contribution is -2.50. The Kier molecular flexibility index (Phi) is 7.86. The van der Waals surface area contributed by atoms with Gasteiger partial charge in [-0.05, 0) is 34.7 Å². The summed E-state index contributed by atoms with van der Waals surface area (Å²) in [5.41, 5.74) is 4.80. The smallest absolute Gasteiger partial charge is 0.262 e. The Bertz CT molecular complexity index is 1010. The van der Waals surface area contributed by atoms with Gasteiger partial charge in [0.05, 0.1) is 12.1 Å². The fourth-order valence-corrected chi connectivity index (χ4v) is 3.35. The SMILES string of the molecule is CC(C)[C@H](NC(=O)C(c1ccccc1)c1ccccc1)C(=O)N/N=C\c1ccc(F)cc1. The molecular weight excluding hydrogens is 405 g/mol. The first-order chi connectivity index (χ1) is 15.5. The van der Waals surface area contributed by atoms with Crippen LogP contribution in [0, 0.1) is 11.7 Å². The van der Waals surface area contributed by atoms with Crippen molar-refractivity contribution in [3.63, 3.8) is 0 Å². The van der Waals surface area contributed by atoms with Crippen LogP contribution in [0.25, 0.3) is 0 Å². The van der Waals surface area contributed by atoms with Crippen LogP contribution in [0.15, 0.2) is 90.0 Å². The predicted molar refractivity (Wildman–Crippen MR) is 124 cm³/mol. The second kappa shape index (κ2) is 11.0. The molecule has 3 aromatic carbocycles. The monoisotopic (exact) mass is 431 g/mol. The van der Waals surface area contributed by atoms with E-state index in [2.05, 4.69) is 15.8 Å². The molecule has 1 atom stereocenters. The largest absolute Gasteiger partial charge is 0.343 e. The molecule has 3 rings (SSSR count). The van der Waals surface area contributed by atoms with E-state index in [1.54, 1.807) is 12.1 Å². The van der Waals surface area contributed by atoms with Crippen LogP contribution in [0.2, 0.25) is 0 Å². The summed E-state index contributed by atoms with van der Waals surface area (Å²) in [6.07, 6.45) is 1.42. The van der Waals surface area contributed by atoms with Crippen LogP contribution in [0.4, 0.5) is 4.39 Å². The molecule has 3 aromatic rings. The lowest BCUT2D eigenvalue weighted by atomic mass is 9.89. The fourth-order valence-electron chi connectivity index (χ4n) is 3.35. The van der Waals surface area contributed by atoms with Crippen LogP contribution in [-0.2, 0) is 9.59 Å². The van der Waals surface area contributed by atoms with Crippen molar-refractivity contribution in [1.29, 1.82) is 0 Å². The van der Waals surface area contributed by atoms with Crippen molar-refractivity contribution in [3.05, 3.63) is 107 Å². The normalized spacial score (nSPS) is 12.2. The number of rotatable bonds is 8. The summed E-state index contributed by atoms with van der Waals surface area (Å²) in [6, 6.07) is 23.9. The van der Waals surface area contributed by atoms with Gasteiger partial charge in [-0.1, -0.05) is 86.6 Å². The maximum atomic E-state index is 13.3. The Hall–Kier alpha value is -3.80. The molecule has 0 saturated heterocycles. The molecule has 0 spiro atoms.